The highest BCUT2D eigenvalue weighted by molar-refractivity contribution is 5.80. The maximum absolute atomic E-state index is 12.3. The molecule has 0 aliphatic heterocycles. The van der Waals surface area contributed by atoms with Crippen molar-refractivity contribution in [1.29, 1.82) is 0 Å². The number of nitrogens with two attached hydrogens (primary N) is 1. The Hall–Kier alpha value is -1.52. The number of amides is 1. The number of carbonyl (C=O) groups is 1. The zero-order valence-electron chi connectivity index (χ0n) is 13.4. The van der Waals surface area contributed by atoms with Crippen molar-refractivity contribution in [3.05, 3.63) is 11.4 Å². The van der Waals surface area contributed by atoms with E-state index in [0.29, 0.717) is 0 Å². The Kier molecular flexibility index (Phi) is 6.05. The second-order valence-electron chi connectivity index (χ2n) is 5.33. The second-order valence-corrected chi connectivity index (χ2v) is 5.33. The molecule has 114 valence electrons. The van der Waals surface area contributed by atoms with Crippen LogP contribution < -0.4 is 11.1 Å². The minimum Gasteiger partial charge on any atom is -0.396 e. The molecule has 1 aromatic rings. The van der Waals surface area contributed by atoms with E-state index in [9.17, 15) is 4.79 Å². The van der Waals surface area contributed by atoms with Gasteiger partial charge in [-0.15, -0.1) is 0 Å². The lowest BCUT2D eigenvalue weighted by Crippen LogP contribution is -2.38. The summed E-state index contributed by atoms with van der Waals surface area (Å²) in [5, 5.41) is 7.54. The van der Waals surface area contributed by atoms with Crippen molar-refractivity contribution >= 4 is 11.6 Å². The maximum Gasteiger partial charge on any atom is 0.244 e. The molecule has 0 aliphatic carbocycles. The first kappa shape index (κ1) is 16.5. The van der Waals surface area contributed by atoms with E-state index >= 15 is 0 Å². The van der Waals surface area contributed by atoms with Gasteiger partial charge < -0.3 is 11.1 Å². The van der Waals surface area contributed by atoms with E-state index in [1.165, 1.54) is 0 Å². The summed E-state index contributed by atoms with van der Waals surface area (Å²) < 4.78 is 1.78. The zero-order valence-corrected chi connectivity index (χ0v) is 13.4. The van der Waals surface area contributed by atoms with Crippen LogP contribution in [-0.4, -0.2) is 21.7 Å². The van der Waals surface area contributed by atoms with Crippen LogP contribution in [0, 0.1) is 0 Å². The lowest BCUT2D eigenvalue weighted by molar-refractivity contribution is -0.124. The van der Waals surface area contributed by atoms with Crippen molar-refractivity contribution < 1.29 is 4.79 Å². The van der Waals surface area contributed by atoms with Gasteiger partial charge in [0.1, 0.15) is 6.04 Å². The molecule has 2 atom stereocenters. The fraction of sp³-hybridized carbons (Fsp3) is 0.733. The molecule has 0 spiro atoms. The van der Waals surface area contributed by atoms with Gasteiger partial charge in [-0.05, 0) is 33.1 Å². The predicted molar refractivity (Wildman–Crippen MR) is 82.6 cm³/mol. The molecular formula is C15H28N4O. The van der Waals surface area contributed by atoms with Crippen LogP contribution in [0.3, 0.4) is 0 Å². The molecule has 0 bridgehead atoms. The second kappa shape index (κ2) is 7.31. The summed E-state index contributed by atoms with van der Waals surface area (Å²) in [4.78, 5) is 12.3. The third kappa shape index (κ3) is 3.52. The Morgan fingerprint density at radius 3 is 2.45 bits per heavy atom. The molecule has 0 aromatic carbocycles. The van der Waals surface area contributed by atoms with Crippen LogP contribution in [0.15, 0.2) is 0 Å². The zero-order chi connectivity index (χ0) is 15.3. The average molecular weight is 280 g/mol. The summed E-state index contributed by atoms with van der Waals surface area (Å²) in [5.74, 6) is 0.00537. The number of hydrogen-bond acceptors (Lipinski definition) is 3. The first-order valence-corrected chi connectivity index (χ1v) is 7.62. The number of nitrogens with zero attached hydrogens (tertiary/aromatic N) is 2. The fourth-order valence-electron chi connectivity index (χ4n) is 2.45. The normalized spacial score (nSPS) is 14.1. The lowest BCUT2D eigenvalue weighted by atomic mass is 10.1. The molecule has 0 fully saturated rings. The third-order valence-electron chi connectivity index (χ3n) is 3.65. The van der Waals surface area contributed by atoms with Gasteiger partial charge in [0.25, 0.3) is 0 Å². The molecule has 1 rings (SSSR count). The monoisotopic (exact) mass is 280 g/mol. The van der Waals surface area contributed by atoms with Crippen molar-refractivity contribution in [2.45, 2.75) is 72.4 Å². The van der Waals surface area contributed by atoms with Gasteiger partial charge in [-0.3, -0.25) is 9.48 Å². The van der Waals surface area contributed by atoms with E-state index in [1.807, 2.05) is 27.7 Å². The van der Waals surface area contributed by atoms with Gasteiger partial charge >= 0.3 is 0 Å². The van der Waals surface area contributed by atoms with E-state index < -0.39 is 0 Å². The van der Waals surface area contributed by atoms with Crippen LogP contribution in [0.1, 0.15) is 64.9 Å². The van der Waals surface area contributed by atoms with Gasteiger partial charge in [0.05, 0.1) is 17.1 Å². The number of rotatable bonds is 7. The molecule has 0 aliphatic rings. The number of nitrogen functional groups attached to an aromatic ring is 1. The molecule has 0 saturated heterocycles. The topological polar surface area (TPSA) is 72.9 Å². The van der Waals surface area contributed by atoms with Gasteiger partial charge in [-0.1, -0.05) is 27.2 Å². The number of aromatic nitrogens is 2. The van der Waals surface area contributed by atoms with Gasteiger partial charge in [-0.25, -0.2) is 0 Å². The molecule has 0 radical (unpaired) electrons. The highest BCUT2D eigenvalue weighted by Crippen LogP contribution is 2.22. The molecule has 2 unspecified atom stereocenters. The molecule has 20 heavy (non-hydrogen) atoms. The van der Waals surface area contributed by atoms with E-state index in [1.54, 1.807) is 4.68 Å². The van der Waals surface area contributed by atoms with Crippen molar-refractivity contribution in [2.75, 3.05) is 5.73 Å². The molecular weight excluding hydrogens is 252 g/mol. The van der Waals surface area contributed by atoms with Crippen LogP contribution in [0.5, 0.6) is 0 Å². The first-order chi connectivity index (χ1) is 9.46. The van der Waals surface area contributed by atoms with E-state index in [4.69, 9.17) is 5.73 Å². The van der Waals surface area contributed by atoms with Crippen molar-refractivity contribution in [3.63, 3.8) is 0 Å². The largest absolute Gasteiger partial charge is 0.396 e. The SMILES string of the molecule is CCCC(C)NC(=O)C(C)n1nc(CC)c(N)c1CC. The Balaban J connectivity index is 2.91. The molecule has 1 amide bonds. The Bertz CT molecular complexity index is 453. The van der Waals surface area contributed by atoms with Gasteiger partial charge in [0.2, 0.25) is 5.91 Å². The lowest BCUT2D eigenvalue weighted by Gasteiger charge is -2.19. The number of hydrogen-bond donors (Lipinski definition) is 2. The maximum atomic E-state index is 12.3. The summed E-state index contributed by atoms with van der Waals surface area (Å²) in [5.41, 5.74) is 8.66. The molecule has 5 nitrogen and oxygen atoms in total. The van der Waals surface area contributed by atoms with Crippen molar-refractivity contribution in [3.8, 4) is 0 Å². The smallest absolute Gasteiger partial charge is 0.244 e. The Morgan fingerprint density at radius 1 is 1.30 bits per heavy atom. The van der Waals surface area contributed by atoms with Crippen molar-refractivity contribution in [1.82, 2.24) is 15.1 Å². The van der Waals surface area contributed by atoms with Gasteiger partial charge in [-0.2, -0.15) is 5.10 Å². The van der Waals surface area contributed by atoms with Gasteiger partial charge in [0.15, 0.2) is 0 Å². The number of aryl methyl sites for hydroxylation is 1. The Labute approximate surface area is 121 Å². The predicted octanol–water partition coefficient (Wildman–Crippen LogP) is 2.46. The number of anilines is 1. The van der Waals surface area contributed by atoms with Crippen LogP contribution >= 0.6 is 0 Å². The third-order valence-corrected chi connectivity index (χ3v) is 3.65. The highest BCUT2D eigenvalue weighted by Gasteiger charge is 2.22. The van der Waals surface area contributed by atoms with Crippen molar-refractivity contribution in [2.24, 2.45) is 0 Å². The quantitative estimate of drug-likeness (QED) is 0.805. The molecule has 3 N–H and O–H groups in total. The minimum absolute atomic E-state index is 0.00537. The molecule has 1 heterocycles. The standard InChI is InChI=1S/C15H28N4O/c1-6-9-10(4)17-15(20)11(5)19-13(8-3)14(16)12(7-2)18-19/h10-11H,6-9,16H2,1-5H3,(H,17,20). The van der Waals surface area contributed by atoms with Crippen LogP contribution in [-0.2, 0) is 17.6 Å². The highest BCUT2D eigenvalue weighted by atomic mass is 16.2. The van der Waals surface area contributed by atoms with Crippen LogP contribution in [0.2, 0.25) is 0 Å². The van der Waals surface area contributed by atoms with E-state index in [-0.39, 0.29) is 18.0 Å². The number of nitrogens with one attached hydrogen (secondary N) is 1. The molecule has 0 saturated carbocycles. The summed E-state index contributed by atoms with van der Waals surface area (Å²) >= 11 is 0. The molecule has 5 heteroatoms. The Morgan fingerprint density at radius 2 is 1.95 bits per heavy atom. The minimum atomic E-state index is -0.327. The summed E-state index contributed by atoms with van der Waals surface area (Å²) in [6.45, 7) is 10.1. The first-order valence-electron chi connectivity index (χ1n) is 7.62. The summed E-state index contributed by atoms with van der Waals surface area (Å²) in [7, 11) is 0. The average Bonchev–Trinajstić information content (AvgIpc) is 2.74. The van der Waals surface area contributed by atoms with Gasteiger partial charge in [0, 0.05) is 6.04 Å². The van der Waals surface area contributed by atoms with E-state index in [0.717, 1.165) is 42.8 Å². The summed E-state index contributed by atoms with van der Waals surface area (Å²) in [6.07, 6.45) is 3.61. The van der Waals surface area contributed by atoms with Crippen LogP contribution in [0.25, 0.3) is 0 Å². The fourth-order valence-corrected chi connectivity index (χ4v) is 2.45. The molecule has 1 aromatic heterocycles. The van der Waals surface area contributed by atoms with Crippen LogP contribution in [0.4, 0.5) is 5.69 Å². The number of carbonyl (C=O) groups excluding carboxylic acids is 1. The van der Waals surface area contributed by atoms with E-state index in [2.05, 4.69) is 17.3 Å². The summed E-state index contributed by atoms with van der Waals surface area (Å²) in [6, 6.07) is -0.134.